The zero-order chi connectivity index (χ0) is 24.2. The van der Waals surface area contributed by atoms with E-state index in [9.17, 15) is 14.4 Å². The van der Waals surface area contributed by atoms with Crippen LogP contribution in [-0.2, 0) is 33.3 Å². The number of carbonyl (C=O) groups is 3. The second kappa shape index (κ2) is 8.54. The summed E-state index contributed by atoms with van der Waals surface area (Å²) < 4.78 is 23.8. The van der Waals surface area contributed by atoms with Crippen LogP contribution in [0.1, 0.15) is 92.9 Å². The molecular weight excluding hydrogens is 424 g/mol. The maximum atomic E-state index is 13.5. The normalized spacial score (nSPS) is 34.8. The summed E-state index contributed by atoms with van der Waals surface area (Å²) >= 11 is 0. The van der Waals surface area contributed by atoms with E-state index >= 15 is 0 Å². The molecule has 6 unspecified atom stereocenters. The smallest absolute Gasteiger partial charge is 0.326 e. The Morgan fingerprint density at radius 2 is 1.79 bits per heavy atom. The van der Waals surface area contributed by atoms with E-state index in [1.54, 1.807) is 0 Å². The van der Waals surface area contributed by atoms with Gasteiger partial charge in [-0.25, -0.2) is 0 Å². The zero-order valence-corrected chi connectivity index (χ0v) is 21.0. The van der Waals surface area contributed by atoms with E-state index in [1.807, 2.05) is 41.5 Å². The van der Waals surface area contributed by atoms with E-state index in [2.05, 4.69) is 0 Å². The molecule has 1 aliphatic heterocycles. The molecule has 4 fully saturated rings. The highest BCUT2D eigenvalue weighted by Crippen LogP contribution is 2.63. The van der Waals surface area contributed by atoms with Crippen LogP contribution in [0.2, 0.25) is 0 Å². The minimum absolute atomic E-state index is 0.0716. The highest BCUT2D eigenvalue weighted by Gasteiger charge is 2.75. The van der Waals surface area contributed by atoms with Gasteiger partial charge >= 0.3 is 17.9 Å². The number of esters is 3. The molecule has 0 N–H and O–H groups in total. The summed E-state index contributed by atoms with van der Waals surface area (Å²) in [6, 6.07) is 0. The fourth-order valence-corrected chi connectivity index (χ4v) is 5.85. The standard InChI is InChI=1S/C26H40O7/c1-7-25(5,6)20(27)31-18-15-13-17-19(18)32-21(28)26(17,14-15)22(29)33-23(24(2,3)4)30-16-11-9-8-10-12-16/h15-19,23H,7-14H2,1-6H3. The van der Waals surface area contributed by atoms with E-state index in [1.165, 1.54) is 6.42 Å². The van der Waals surface area contributed by atoms with Crippen LogP contribution in [0.25, 0.3) is 0 Å². The van der Waals surface area contributed by atoms with E-state index in [4.69, 9.17) is 18.9 Å². The van der Waals surface area contributed by atoms with Crippen LogP contribution in [0, 0.1) is 28.1 Å². The van der Waals surface area contributed by atoms with Gasteiger partial charge < -0.3 is 18.9 Å². The molecule has 4 rings (SSSR count). The van der Waals surface area contributed by atoms with Crippen LogP contribution in [0.5, 0.6) is 0 Å². The van der Waals surface area contributed by atoms with Crippen LogP contribution >= 0.6 is 0 Å². The van der Waals surface area contributed by atoms with Crippen LogP contribution < -0.4 is 0 Å². The zero-order valence-electron chi connectivity index (χ0n) is 21.0. The highest BCUT2D eigenvalue weighted by molar-refractivity contribution is 6.03. The largest absolute Gasteiger partial charge is 0.458 e. The number of fused-ring (bicyclic) bond motifs is 1. The molecule has 0 radical (unpaired) electrons. The van der Waals surface area contributed by atoms with Gasteiger partial charge in [-0.3, -0.25) is 14.4 Å². The molecule has 0 aromatic heterocycles. The molecule has 186 valence electrons. The van der Waals surface area contributed by atoms with E-state index < -0.39 is 46.7 Å². The van der Waals surface area contributed by atoms with Crippen molar-refractivity contribution in [1.29, 1.82) is 0 Å². The molecule has 4 aliphatic rings. The highest BCUT2D eigenvalue weighted by atomic mass is 16.7. The van der Waals surface area contributed by atoms with Crippen molar-refractivity contribution in [3.05, 3.63) is 0 Å². The van der Waals surface area contributed by atoms with Crippen molar-refractivity contribution in [3.63, 3.8) is 0 Å². The fourth-order valence-electron chi connectivity index (χ4n) is 5.85. The van der Waals surface area contributed by atoms with Crippen LogP contribution in [-0.4, -0.2) is 42.5 Å². The summed E-state index contributed by atoms with van der Waals surface area (Å²) in [5.41, 5.74) is -2.33. The monoisotopic (exact) mass is 464 g/mol. The van der Waals surface area contributed by atoms with Gasteiger partial charge in [0.05, 0.1) is 11.5 Å². The molecular formula is C26H40O7. The molecule has 2 bridgehead atoms. The third kappa shape index (κ3) is 4.19. The first-order valence-corrected chi connectivity index (χ1v) is 12.7. The van der Waals surface area contributed by atoms with Gasteiger partial charge in [0.15, 0.2) is 5.41 Å². The van der Waals surface area contributed by atoms with E-state index in [-0.39, 0.29) is 23.9 Å². The molecule has 7 nitrogen and oxygen atoms in total. The Bertz CT molecular complexity index is 791. The SMILES string of the molecule is CCC(C)(C)C(=O)OC1C2CC3C1OC(=O)C3(C(=O)OC(OC1CCCCC1)C(C)(C)C)C2. The summed E-state index contributed by atoms with van der Waals surface area (Å²) in [6.45, 7) is 11.6. The first-order chi connectivity index (χ1) is 15.4. The molecule has 3 saturated carbocycles. The van der Waals surface area contributed by atoms with Gasteiger partial charge in [-0.1, -0.05) is 47.0 Å². The average molecular weight is 465 g/mol. The topological polar surface area (TPSA) is 88.1 Å². The number of carbonyl (C=O) groups excluding carboxylic acids is 3. The minimum atomic E-state index is -1.31. The Morgan fingerprint density at radius 3 is 2.39 bits per heavy atom. The molecule has 0 spiro atoms. The van der Waals surface area contributed by atoms with Crippen molar-refractivity contribution in [2.24, 2.45) is 28.1 Å². The lowest BCUT2D eigenvalue weighted by atomic mass is 9.73. The van der Waals surface area contributed by atoms with Crippen molar-refractivity contribution in [2.75, 3.05) is 0 Å². The lowest BCUT2D eigenvalue weighted by Crippen LogP contribution is -2.49. The fraction of sp³-hybridized carbons (Fsp3) is 0.885. The second-order valence-electron chi connectivity index (χ2n) is 12.3. The van der Waals surface area contributed by atoms with Gasteiger partial charge in [0.25, 0.3) is 0 Å². The quantitative estimate of drug-likeness (QED) is 0.236. The van der Waals surface area contributed by atoms with Crippen LogP contribution in [0.4, 0.5) is 0 Å². The number of ether oxygens (including phenoxy) is 4. The number of hydrogen-bond donors (Lipinski definition) is 0. The first kappa shape index (κ1) is 24.5. The summed E-state index contributed by atoms with van der Waals surface area (Å²) in [5, 5.41) is 0. The predicted octanol–water partition coefficient (Wildman–Crippen LogP) is 4.55. The van der Waals surface area contributed by atoms with Crippen molar-refractivity contribution >= 4 is 17.9 Å². The molecule has 1 heterocycles. The maximum Gasteiger partial charge on any atom is 0.326 e. The van der Waals surface area contributed by atoms with Crippen molar-refractivity contribution in [1.82, 2.24) is 0 Å². The Kier molecular flexibility index (Phi) is 6.34. The Balaban J connectivity index is 1.48. The van der Waals surface area contributed by atoms with Gasteiger partial charge in [-0.15, -0.1) is 0 Å². The summed E-state index contributed by atoms with van der Waals surface area (Å²) in [5.74, 6) is -1.77. The third-order valence-corrected chi connectivity index (χ3v) is 8.40. The summed E-state index contributed by atoms with van der Waals surface area (Å²) in [7, 11) is 0. The summed E-state index contributed by atoms with van der Waals surface area (Å²) in [6.07, 6.45) is 5.23. The number of rotatable bonds is 7. The van der Waals surface area contributed by atoms with Crippen molar-refractivity contribution in [3.8, 4) is 0 Å². The Hall–Kier alpha value is -1.63. The van der Waals surface area contributed by atoms with E-state index in [0.717, 1.165) is 25.7 Å². The average Bonchev–Trinajstić information content (AvgIpc) is 3.36. The Labute approximate surface area is 197 Å². The Morgan fingerprint density at radius 1 is 1.12 bits per heavy atom. The van der Waals surface area contributed by atoms with Gasteiger partial charge in [0, 0.05) is 17.3 Å². The van der Waals surface area contributed by atoms with Gasteiger partial charge in [-0.05, 0) is 46.0 Å². The summed E-state index contributed by atoms with van der Waals surface area (Å²) in [4.78, 5) is 39.3. The molecule has 3 aliphatic carbocycles. The molecule has 7 heteroatoms. The maximum absolute atomic E-state index is 13.5. The first-order valence-electron chi connectivity index (χ1n) is 12.7. The van der Waals surface area contributed by atoms with Crippen molar-refractivity contribution in [2.45, 2.75) is 118 Å². The molecule has 0 aromatic carbocycles. The van der Waals surface area contributed by atoms with Gasteiger partial charge in [0.1, 0.15) is 12.2 Å². The number of hydrogen-bond acceptors (Lipinski definition) is 7. The molecule has 6 atom stereocenters. The molecule has 1 saturated heterocycles. The lowest BCUT2D eigenvalue weighted by molar-refractivity contribution is -0.230. The minimum Gasteiger partial charge on any atom is -0.458 e. The molecule has 0 aromatic rings. The van der Waals surface area contributed by atoms with Gasteiger partial charge in [0.2, 0.25) is 6.29 Å². The second-order valence-corrected chi connectivity index (χ2v) is 12.3. The van der Waals surface area contributed by atoms with Crippen molar-refractivity contribution < 1.29 is 33.3 Å². The molecule has 0 amide bonds. The van der Waals surface area contributed by atoms with Gasteiger partial charge in [-0.2, -0.15) is 0 Å². The lowest BCUT2D eigenvalue weighted by Gasteiger charge is -2.37. The third-order valence-electron chi connectivity index (χ3n) is 8.40. The van der Waals surface area contributed by atoms with Crippen LogP contribution in [0.15, 0.2) is 0 Å². The molecule has 33 heavy (non-hydrogen) atoms. The predicted molar refractivity (Wildman–Crippen MR) is 120 cm³/mol. The van der Waals surface area contributed by atoms with E-state index in [0.29, 0.717) is 19.3 Å². The van der Waals surface area contributed by atoms with Crippen LogP contribution in [0.3, 0.4) is 0 Å².